The lowest BCUT2D eigenvalue weighted by atomic mass is 9.81. The van der Waals surface area contributed by atoms with E-state index in [1.165, 1.54) is 64.3 Å². The van der Waals surface area contributed by atoms with Crippen LogP contribution < -0.4 is 5.32 Å². The number of hydrogen-bond acceptors (Lipinski definition) is 1. The molecule has 88 valence electrons. The van der Waals surface area contributed by atoms with Crippen molar-refractivity contribution in [1.29, 1.82) is 0 Å². The summed E-state index contributed by atoms with van der Waals surface area (Å²) in [5, 5.41) is 3.75. The first kappa shape index (κ1) is 11.4. The zero-order valence-electron chi connectivity index (χ0n) is 10.3. The minimum atomic E-state index is 0.761. The molecule has 0 saturated heterocycles. The summed E-state index contributed by atoms with van der Waals surface area (Å²) in [5.41, 5.74) is 0. The summed E-state index contributed by atoms with van der Waals surface area (Å²) in [4.78, 5) is 0. The van der Waals surface area contributed by atoms with Crippen LogP contribution in [0.4, 0.5) is 0 Å². The van der Waals surface area contributed by atoms with Crippen LogP contribution in [0.3, 0.4) is 0 Å². The maximum Gasteiger partial charge on any atom is 0.00414 e. The average molecular weight is 209 g/mol. The standard InChI is InChI=1S/C14H27N/c1-12(10-13-8-5-9-13)15-11-14-6-3-2-4-7-14/h12-15H,2-11H2,1H3. The first-order valence-corrected chi connectivity index (χ1v) is 7.08. The minimum Gasteiger partial charge on any atom is -0.314 e. The van der Waals surface area contributed by atoms with Crippen LogP contribution in [0.15, 0.2) is 0 Å². The van der Waals surface area contributed by atoms with Gasteiger partial charge in [-0.2, -0.15) is 0 Å². The van der Waals surface area contributed by atoms with Crippen molar-refractivity contribution in [3.63, 3.8) is 0 Å². The molecule has 2 aliphatic carbocycles. The van der Waals surface area contributed by atoms with Gasteiger partial charge in [0.1, 0.15) is 0 Å². The molecule has 0 amide bonds. The summed E-state index contributed by atoms with van der Waals surface area (Å²) in [7, 11) is 0. The van der Waals surface area contributed by atoms with Crippen molar-refractivity contribution in [3.05, 3.63) is 0 Å². The van der Waals surface area contributed by atoms with Gasteiger partial charge in [0, 0.05) is 6.04 Å². The Morgan fingerprint density at radius 2 is 1.60 bits per heavy atom. The van der Waals surface area contributed by atoms with Gasteiger partial charge < -0.3 is 5.32 Å². The summed E-state index contributed by atoms with van der Waals surface area (Å²) >= 11 is 0. The van der Waals surface area contributed by atoms with Crippen LogP contribution in [0.2, 0.25) is 0 Å². The first-order chi connectivity index (χ1) is 7.34. The summed E-state index contributed by atoms with van der Waals surface area (Å²) in [5.74, 6) is 2.04. The van der Waals surface area contributed by atoms with Crippen LogP contribution in [0.25, 0.3) is 0 Å². The Morgan fingerprint density at radius 1 is 0.933 bits per heavy atom. The minimum absolute atomic E-state index is 0.761. The fourth-order valence-electron chi connectivity index (χ4n) is 3.07. The molecule has 1 atom stereocenters. The molecule has 2 aliphatic rings. The van der Waals surface area contributed by atoms with Crippen LogP contribution in [0, 0.1) is 11.8 Å². The molecule has 2 saturated carbocycles. The van der Waals surface area contributed by atoms with Crippen molar-refractivity contribution in [2.45, 2.75) is 70.8 Å². The zero-order chi connectivity index (χ0) is 10.5. The lowest BCUT2D eigenvalue weighted by molar-refractivity contribution is 0.254. The third-order valence-electron chi connectivity index (χ3n) is 4.39. The van der Waals surface area contributed by atoms with Gasteiger partial charge in [-0.1, -0.05) is 38.5 Å². The van der Waals surface area contributed by atoms with Gasteiger partial charge in [-0.05, 0) is 44.6 Å². The highest BCUT2D eigenvalue weighted by Gasteiger charge is 2.20. The van der Waals surface area contributed by atoms with E-state index in [0.717, 1.165) is 17.9 Å². The summed E-state index contributed by atoms with van der Waals surface area (Å²) in [6, 6.07) is 0.761. The highest BCUT2D eigenvalue weighted by molar-refractivity contribution is 4.76. The van der Waals surface area contributed by atoms with Crippen molar-refractivity contribution in [2.75, 3.05) is 6.54 Å². The second-order valence-electron chi connectivity index (χ2n) is 5.85. The zero-order valence-corrected chi connectivity index (χ0v) is 10.3. The van der Waals surface area contributed by atoms with E-state index in [0.29, 0.717) is 0 Å². The lowest BCUT2D eigenvalue weighted by Crippen LogP contribution is -2.34. The second-order valence-corrected chi connectivity index (χ2v) is 5.85. The van der Waals surface area contributed by atoms with Crippen LogP contribution in [0.5, 0.6) is 0 Å². The third kappa shape index (κ3) is 3.79. The van der Waals surface area contributed by atoms with Crippen molar-refractivity contribution in [2.24, 2.45) is 11.8 Å². The maximum atomic E-state index is 3.75. The predicted octanol–water partition coefficient (Wildman–Crippen LogP) is 3.74. The monoisotopic (exact) mass is 209 g/mol. The van der Waals surface area contributed by atoms with Gasteiger partial charge in [0.25, 0.3) is 0 Å². The Balaban J connectivity index is 1.55. The fraction of sp³-hybridized carbons (Fsp3) is 1.00. The molecule has 2 fully saturated rings. The Bertz CT molecular complexity index is 168. The lowest BCUT2D eigenvalue weighted by Gasteiger charge is -2.30. The molecule has 15 heavy (non-hydrogen) atoms. The normalized spacial score (nSPS) is 26.2. The van der Waals surface area contributed by atoms with Crippen LogP contribution >= 0.6 is 0 Å². The van der Waals surface area contributed by atoms with E-state index in [1.807, 2.05) is 0 Å². The number of nitrogens with one attached hydrogen (secondary N) is 1. The van der Waals surface area contributed by atoms with Crippen LogP contribution in [-0.4, -0.2) is 12.6 Å². The van der Waals surface area contributed by atoms with Gasteiger partial charge in [0.15, 0.2) is 0 Å². The molecular weight excluding hydrogens is 182 g/mol. The number of rotatable bonds is 5. The Morgan fingerprint density at radius 3 is 2.20 bits per heavy atom. The Kier molecular flexibility index (Phi) is 4.49. The molecule has 1 N–H and O–H groups in total. The second kappa shape index (κ2) is 5.89. The van der Waals surface area contributed by atoms with Crippen LogP contribution in [-0.2, 0) is 0 Å². The van der Waals surface area contributed by atoms with E-state index >= 15 is 0 Å². The number of hydrogen-bond donors (Lipinski definition) is 1. The molecule has 0 aromatic heterocycles. The van der Waals surface area contributed by atoms with E-state index in [-0.39, 0.29) is 0 Å². The van der Waals surface area contributed by atoms with E-state index in [4.69, 9.17) is 0 Å². The van der Waals surface area contributed by atoms with Crippen molar-refractivity contribution < 1.29 is 0 Å². The van der Waals surface area contributed by atoms with Gasteiger partial charge in [-0.15, -0.1) is 0 Å². The van der Waals surface area contributed by atoms with E-state index in [9.17, 15) is 0 Å². The third-order valence-corrected chi connectivity index (χ3v) is 4.39. The highest BCUT2D eigenvalue weighted by Crippen LogP contribution is 2.30. The first-order valence-electron chi connectivity index (χ1n) is 7.08. The van der Waals surface area contributed by atoms with E-state index < -0.39 is 0 Å². The van der Waals surface area contributed by atoms with Crippen molar-refractivity contribution >= 4 is 0 Å². The quantitative estimate of drug-likeness (QED) is 0.727. The van der Waals surface area contributed by atoms with Gasteiger partial charge in [0.05, 0.1) is 0 Å². The Labute approximate surface area is 95.0 Å². The predicted molar refractivity (Wildman–Crippen MR) is 66.0 cm³/mol. The van der Waals surface area contributed by atoms with E-state index in [2.05, 4.69) is 12.2 Å². The summed E-state index contributed by atoms with van der Waals surface area (Å²) < 4.78 is 0. The Hall–Kier alpha value is -0.0400. The van der Waals surface area contributed by atoms with E-state index in [1.54, 1.807) is 0 Å². The van der Waals surface area contributed by atoms with Gasteiger partial charge in [-0.25, -0.2) is 0 Å². The topological polar surface area (TPSA) is 12.0 Å². The van der Waals surface area contributed by atoms with Crippen molar-refractivity contribution in [1.82, 2.24) is 5.32 Å². The SMILES string of the molecule is CC(CC1CCC1)NCC1CCCCC1. The molecule has 1 unspecified atom stereocenters. The van der Waals surface area contributed by atoms with Crippen LogP contribution in [0.1, 0.15) is 64.7 Å². The molecular formula is C14H27N. The molecule has 1 nitrogen and oxygen atoms in total. The van der Waals surface area contributed by atoms with Gasteiger partial charge in [0.2, 0.25) is 0 Å². The molecule has 0 aromatic rings. The smallest absolute Gasteiger partial charge is 0.00414 e. The molecule has 0 aliphatic heterocycles. The summed E-state index contributed by atoms with van der Waals surface area (Å²) in [6.45, 7) is 3.66. The molecule has 1 heteroatoms. The highest BCUT2D eigenvalue weighted by atomic mass is 14.9. The molecule has 0 radical (unpaired) electrons. The molecule has 0 bridgehead atoms. The molecule has 0 spiro atoms. The fourth-order valence-corrected chi connectivity index (χ4v) is 3.07. The van der Waals surface area contributed by atoms with Gasteiger partial charge in [-0.3, -0.25) is 0 Å². The molecule has 2 rings (SSSR count). The molecule has 0 aromatic carbocycles. The van der Waals surface area contributed by atoms with Gasteiger partial charge >= 0.3 is 0 Å². The average Bonchev–Trinajstić information content (AvgIpc) is 2.22. The molecule has 0 heterocycles. The summed E-state index contributed by atoms with van der Waals surface area (Å²) in [6.07, 6.45) is 13.3. The maximum absolute atomic E-state index is 3.75. The largest absolute Gasteiger partial charge is 0.314 e. The van der Waals surface area contributed by atoms with Crippen molar-refractivity contribution in [3.8, 4) is 0 Å².